The second-order valence-corrected chi connectivity index (χ2v) is 6.68. The molecule has 0 aromatic heterocycles. The van der Waals surface area contributed by atoms with Crippen molar-refractivity contribution in [3.05, 3.63) is 71.8 Å². The molecule has 0 saturated heterocycles. The van der Waals surface area contributed by atoms with E-state index >= 15 is 0 Å². The predicted octanol–water partition coefficient (Wildman–Crippen LogP) is 3.55. The molecule has 2 aromatic rings. The minimum atomic E-state index is -0.886. The molecule has 2 amide bonds. The largest absolute Gasteiger partial charge is 0.507 e. The zero-order valence-corrected chi connectivity index (χ0v) is 15.0. The van der Waals surface area contributed by atoms with Gasteiger partial charge in [-0.2, -0.15) is 0 Å². The molecule has 0 aliphatic heterocycles. The highest BCUT2D eigenvalue weighted by atomic mass is 19.1. The van der Waals surface area contributed by atoms with Crippen LogP contribution in [0.4, 0.5) is 14.5 Å². The standard InChI is InChI=1S/C20H20F2N2O3/c1-4-18(26)23-14-7-8-17(25)15(10-14)19(27)24-20(2,3)11-12-5-6-13(21)9-16(12)22/h4-10,25H,1,11H2,2-3H3,(H,23,26)(H,24,27). The van der Waals surface area contributed by atoms with Crippen LogP contribution in [0.5, 0.6) is 5.75 Å². The molecule has 5 nitrogen and oxygen atoms in total. The van der Waals surface area contributed by atoms with E-state index in [-0.39, 0.29) is 23.3 Å². The van der Waals surface area contributed by atoms with Gasteiger partial charge in [0, 0.05) is 17.3 Å². The van der Waals surface area contributed by atoms with Gasteiger partial charge in [-0.1, -0.05) is 12.6 Å². The lowest BCUT2D eigenvalue weighted by Gasteiger charge is -2.27. The van der Waals surface area contributed by atoms with Crippen molar-refractivity contribution in [1.29, 1.82) is 0 Å². The van der Waals surface area contributed by atoms with E-state index in [1.165, 1.54) is 24.3 Å². The topological polar surface area (TPSA) is 78.4 Å². The third kappa shape index (κ3) is 5.37. The van der Waals surface area contributed by atoms with Crippen LogP contribution in [-0.4, -0.2) is 22.5 Å². The lowest BCUT2D eigenvalue weighted by atomic mass is 9.94. The van der Waals surface area contributed by atoms with Gasteiger partial charge < -0.3 is 15.7 Å². The molecule has 142 valence electrons. The molecule has 0 aliphatic rings. The van der Waals surface area contributed by atoms with Gasteiger partial charge in [0.15, 0.2) is 0 Å². The summed E-state index contributed by atoms with van der Waals surface area (Å²) in [6.45, 7) is 6.69. The van der Waals surface area contributed by atoms with Gasteiger partial charge in [0.2, 0.25) is 5.91 Å². The molecular weight excluding hydrogens is 354 g/mol. The van der Waals surface area contributed by atoms with E-state index < -0.39 is 29.0 Å². The monoisotopic (exact) mass is 374 g/mol. The molecule has 3 N–H and O–H groups in total. The summed E-state index contributed by atoms with van der Waals surface area (Å²) >= 11 is 0. The number of aromatic hydroxyl groups is 1. The Labute approximate surface area is 155 Å². The minimum absolute atomic E-state index is 0.0514. The molecular formula is C20H20F2N2O3. The summed E-state index contributed by atoms with van der Waals surface area (Å²) in [4.78, 5) is 23.9. The predicted molar refractivity (Wildman–Crippen MR) is 98.5 cm³/mol. The second kappa shape index (κ2) is 7.99. The van der Waals surface area contributed by atoms with E-state index in [1.807, 2.05) is 0 Å². The first-order chi connectivity index (χ1) is 12.6. The number of hydrogen-bond donors (Lipinski definition) is 3. The molecule has 0 bridgehead atoms. The SMILES string of the molecule is C=CC(=O)Nc1ccc(O)c(C(=O)NC(C)(C)Cc2ccc(F)cc2F)c1. The average Bonchev–Trinajstić information content (AvgIpc) is 2.58. The first-order valence-corrected chi connectivity index (χ1v) is 8.14. The highest BCUT2D eigenvalue weighted by molar-refractivity contribution is 6.02. The first-order valence-electron chi connectivity index (χ1n) is 8.14. The number of carbonyl (C=O) groups is 2. The molecule has 0 heterocycles. The smallest absolute Gasteiger partial charge is 0.255 e. The van der Waals surface area contributed by atoms with E-state index in [2.05, 4.69) is 17.2 Å². The lowest BCUT2D eigenvalue weighted by molar-refractivity contribution is -0.111. The van der Waals surface area contributed by atoms with Crippen LogP contribution in [0.15, 0.2) is 49.1 Å². The van der Waals surface area contributed by atoms with Crippen molar-refractivity contribution in [1.82, 2.24) is 5.32 Å². The summed E-state index contributed by atoms with van der Waals surface area (Å²) in [5.41, 5.74) is -0.379. The van der Waals surface area contributed by atoms with Gasteiger partial charge in [-0.25, -0.2) is 8.78 Å². The summed E-state index contributed by atoms with van der Waals surface area (Å²) < 4.78 is 26.9. The Kier molecular flexibility index (Phi) is 5.95. The summed E-state index contributed by atoms with van der Waals surface area (Å²) in [6.07, 6.45) is 1.19. The quantitative estimate of drug-likeness (QED) is 0.535. The van der Waals surface area contributed by atoms with Gasteiger partial charge in [-0.3, -0.25) is 9.59 Å². The van der Waals surface area contributed by atoms with Crippen LogP contribution < -0.4 is 10.6 Å². The molecule has 0 aliphatic carbocycles. The number of phenolic OH excluding ortho intramolecular Hbond substituents is 1. The van der Waals surface area contributed by atoms with Crippen molar-refractivity contribution in [3.8, 4) is 5.75 Å². The molecule has 27 heavy (non-hydrogen) atoms. The van der Waals surface area contributed by atoms with E-state index in [1.54, 1.807) is 13.8 Å². The summed E-state index contributed by atoms with van der Waals surface area (Å²) in [5.74, 6) is -2.71. The number of phenols is 1. The Bertz CT molecular complexity index is 895. The van der Waals surface area contributed by atoms with Gasteiger partial charge in [0.1, 0.15) is 17.4 Å². The van der Waals surface area contributed by atoms with Crippen molar-refractivity contribution >= 4 is 17.5 Å². The van der Waals surface area contributed by atoms with Crippen LogP contribution in [0.1, 0.15) is 29.8 Å². The lowest BCUT2D eigenvalue weighted by Crippen LogP contribution is -2.45. The van der Waals surface area contributed by atoms with E-state index in [4.69, 9.17) is 0 Å². The maximum Gasteiger partial charge on any atom is 0.255 e. The number of anilines is 1. The third-order valence-electron chi connectivity index (χ3n) is 3.79. The summed E-state index contributed by atoms with van der Waals surface area (Å²) in [6, 6.07) is 7.29. The van der Waals surface area contributed by atoms with Crippen molar-refractivity contribution in [2.75, 3.05) is 5.32 Å². The molecule has 2 rings (SSSR count). The average molecular weight is 374 g/mol. The van der Waals surface area contributed by atoms with Gasteiger partial charge >= 0.3 is 0 Å². The molecule has 7 heteroatoms. The van der Waals surface area contributed by atoms with E-state index in [0.717, 1.165) is 18.2 Å². The molecule has 0 spiro atoms. The number of nitrogens with one attached hydrogen (secondary N) is 2. The Morgan fingerprint density at radius 1 is 1.19 bits per heavy atom. The highest BCUT2D eigenvalue weighted by Gasteiger charge is 2.25. The molecule has 0 unspecified atom stereocenters. The molecule has 2 aromatic carbocycles. The van der Waals surface area contributed by atoms with Crippen LogP contribution in [0, 0.1) is 11.6 Å². The number of rotatable bonds is 6. The van der Waals surface area contributed by atoms with Crippen molar-refractivity contribution in [2.24, 2.45) is 0 Å². The Morgan fingerprint density at radius 3 is 2.52 bits per heavy atom. The van der Waals surface area contributed by atoms with Gasteiger partial charge in [-0.05, 0) is 56.2 Å². The molecule has 0 atom stereocenters. The molecule has 0 saturated carbocycles. The Hall–Kier alpha value is -3.22. The van der Waals surface area contributed by atoms with Gasteiger partial charge in [0.05, 0.1) is 5.56 Å². The fourth-order valence-electron chi connectivity index (χ4n) is 2.55. The van der Waals surface area contributed by atoms with Crippen LogP contribution in [-0.2, 0) is 11.2 Å². The minimum Gasteiger partial charge on any atom is -0.507 e. The molecule has 0 radical (unpaired) electrons. The van der Waals surface area contributed by atoms with E-state index in [0.29, 0.717) is 5.69 Å². The third-order valence-corrected chi connectivity index (χ3v) is 3.79. The number of halogens is 2. The number of benzene rings is 2. The van der Waals surface area contributed by atoms with Crippen LogP contribution >= 0.6 is 0 Å². The Balaban J connectivity index is 2.18. The molecule has 0 fully saturated rings. The van der Waals surface area contributed by atoms with Crippen molar-refractivity contribution in [2.45, 2.75) is 25.8 Å². The number of amides is 2. The second-order valence-electron chi connectivity index (χ2n) is 6.68. The fraction of sp³-hybridized carbons (Fsp3) is 0.200. The first kappa shape index (κ1) is 20.1. The zero-order chi connectivity index (χ0) is 20.2. The van der Waals surface area contributed by atoms with E-state index in [9.17, 15) is 23.5 Å². The van der Waals surface area contributed by atoms with Crippen molar-refractivity contribution in [3.63, 3.8) is 0 Å². The van der Waals surface area contributed by atoms with Crippen LogP contribution in [0.2, 0.25) is 0 Å². The van der Waals surface area contributed by atoms with Crippen LogP contribution in [0.25, 0.3) is 0 Å². The van der Waals surface area contributed by atoms with Crippen molar-refractivity contribution < 1.29 is 23.5 Å². The Morgan fingerprint density at radius 2 is 1.89 bits per heavy atom. The fourth-order valence-corrected chi connectivity index (χ4v) is 2.55. The normalized spacial score (nSPS) is 11.0. The number of hydrogen-bond acceptors (Lipinski definition) is 3. The highest BCUT2D eigenvalue weighted by Crippen LogP contribution is 2.23. The number of carbonyl (C=O) groups excluding carboxylic acids is 2. The van der Waals surface area contributed by atoms with Crippen LogP contribution in [0.3, 0.4) is 0 Å². The maximum atomic E-state index is 13.9. The summed E-state index contributed by atoms with van der Waals surface area (Å²) in [7, 11) is 0. The maximum absolute atomic E-state index is 13.9. The van der Waals surface area contributed by atoms with Gasteiger partial charge in [-0.15, -0.1) is 0 Å². The summed E-state index contributed by atoms with van der Waals surface area (Å²) in [5, 5.41) is 15.2. The zero-order valence-electron chi connectivity index (χ0n) is 15.0. The van der Waals surface area contributed by atoms with Gasteiger partial charge in [0.25, 0.3) is 5.91 Å².